The lowest BCUT2D eigenvalue weighted by atomic mass is 10.1. The number of nitrogens with one attached hydrogen (secondary N) is 2. The third-order valence-electron chi connectivity index (χ3n) is 4.14. The van der Waals surface area contributed by atoms with E-state index in [0.717, 1.165) is 25.1 Å². The first-order chi connectivity index (χ1) is 11.1. The second-order valence-electron chi connectivity index (χ2n) is 6.06. The first-order valence-electron chi connectivity index (χ1n) is 8.50. The smallest absolute Gasteiger partial charge is 0.251 e. The molecule has 0 heterocycles. The van der Waals surface area contributed by atoms with Crippen molar-refractivity contribution in [2.75, 3.05) is 20.2 Å². The van der Waals surface area contributed by atoms with Crippen molar-refractivity contribution < 1.29 is 14.3 Å². The molecule has 23 heavy (non-hydrogen) atoms. The Kier molecular flexibility index (Phi) is 6.71. The van der Waals surface area contributed by atoms with Gasteiger partial charge in [-0.1, -0.05) is 6.92 Å². The van der Waals surface area contributed by atoms with Crippen molar-refractivity contribution in [2.45, 2.75) is 51.7 Å². The maximum absolute atomic E-state index is 12.2. The zero-order valence-corrected chi connectivity index (χ0v) is 14.4. The molecule has 1 aliphatic carbocycles. The fourth-order valence-corrected chi connectivity index (χ4v) is 2.86. The van der Waals surface area contributed by atoms with Crippen LogP contribution in [0.25, 0.3) is 0 Å². The van der Waals surface area contributed by atoms with E-state index in [1.54, 1.807) is 19.2 Å². The van der Waals surface area contributed by atoms with E-state index in [1.165, 1.54) is 12.8 Å². The van der Waals surface area contributed by atoms with E-state index in [1.807, 2.05) is 19.9 Å². The average Bonchev–Trinajstić information content (AvgIpc) is 3.06. The second kappa shape index (κ2) is 8.77. The van der Waals surface area contributed by atoms with Crippen LogP contribution in [0.15, 0.2) is 18.2 Å². The molecule has 0 spiro atoms. The molecule has 1 atom stereocenters. The van der Waals surface area contributed by atoms with Crippen LogP contribution in [0.2, 0.25) is 0 Å². The normalized spacial score (nSPS) is 16.1. The van der Waals surface area contributed by atoms with Gasteiger partial charge in [0.05, 0.1) is 13.2 Å². The highest BCUT2D eigenvalue weighted by Crippen LogP contribution is 2.32. The van der Waals surface area contributed by atoms with Gasteiger partial charge in [-0.3, -0.25) is 4.79 Å². The van der Waals surface area contributed by atoms with Gasteiger partial charge in [-0.05, 0) is 57.4 Å². The molecule has 1 aromatic carbocycles. The summed E-state index contributed by atoms with van der Waals surface area (Å²) in [5.41, 5.74) is 0.587. The van der Waals surface area contributed by atoms with Crippen LogP contribution in [0.5, 0.6) is 11.5 Å². The van der Waals surface area contributed by atoms with Gasteiger partial charge in [0.25, 0.3) is 5.91 Å². The quantitative estimate of drug-likeness (QED) is 0.773. The summed E-state index contributed by atoms with van der Waals surface area (Å²) in [4.78, 5) is 12.2. The number of amides is 1. The van der Waals surface area contributed by atoms with E-state index in [0.29, 0.717) is 17.9 Å². The Morgan fingerprint density at radius 2 is 2.04 bits per heavy atom. The lowest BCUT2D eigenvalue weighted by Gasteiger charge is -2.17. The van der Waals surface area contributed by atoms with Crippen molar-refractivity contribution in [1.82, 2.24) is 10.6 Å². The molecular weight excluding hydrogens is 292 g/mol. The number of hydrogen-bond acceptors (Lipinski definition) is 4. The molecule has 5 nitrogen and oxygen atoms in total. The summed E-state index contributed by atoms with van der Waals surface area (Å²) in [6.45, 7) is 5.57. The van der Waals surface area contributed by atoms with Crippen molar-refractivity contribution >= 4 is 5.91 Å². The summed E-state index contributed by atoms with van der Waals surface area (Å²) in [7, 11) is 1.60. The average molecular weight is 320 g/mol. The molecule has 1 amide bonds. The summed E-state index contributed by atoms with van der Waals surface area (Å²) in [6, 6.07) is 5.62. The van der Waals surface area contributed by atoms with Gasteiger partial charge in [0.15, 0.2) is 11.5 Å². The highest BCUT2D eigenvalue weighted by Gasteiger charge is 2.19. The molecule has 0 aromatic heterocycles. The molecule has 128 valence electrons. The van der Waals surface area contributed by atoms with Crippen LogP contribution in [0.3, 0.4) is 0 Å². The lowest BCUT2D eigenvalue weighted by molar-refractivity contribution is 0.0949. The number of methoxy groups -OCH3 is 1. The van der Waals surface area contributed by atoms with E-state index in [2.05, 4.69) is 10.6 Å². The van der Waals surface area contributed by atoms with Gasteiger partial charge in [-0.2, -0.15) is 0 Å². The number of hydrogen-bond donors (Lipinski definition) is 2. The molecule has 0 saturated heterocycles. The van der Waals surface area contributed by atoms with Crippen molar-refractivity contribution in [1.29, 1.82) is 0 Å². The van der Waals surface area contributed by atoms with Crippen LogP contribution in [0, 0.1) is 0 Å². The Bertz CT molecular complexity index is 513. The molecule has 0 bridgehead atoms. The first kappa shape index (κ1) is 17.6. The Hall–Kier alpha value is -1.75. The fraction of sp³-hybridized carbons (Fsp3) is 0.611. The predicted octanol–water partition coefficient (Wildman–Crippen LogP) is 2.74. The summed E-state index contributed by atoms with van der Waals surface area (Å²) in [6.07, 6.45) is 4.89. The van der Waals surface area contributed by atoms with Crippen LogP contribution < -0.4 is 20.1 Å². The molecule has 0 radical (unpaired) electrons. The van der Waals surface area contributed by atoms with Crippen molar-refractivity contribution in [3.05, 3.63) is 23.8 Å². The van der Waals surface area contributed by atoms with Crippen LogP contribution in [-0.4, -0.2) is 38.3 Å². The van der Waals surface area contributed by atoms with Gasteiger partial charge in [-0.15, -0.1) is 0 Å². The molecule has 1 fully saturated rings. The van der Waals surface area contributed by atoms with Gasteiger partial charge in [0.1, 0.15) is 0 Å². The Morgan fingerprint density at radius 3 is 2.70 bits per heavy atom. The predicted molar refractivity (Wildman–Crippen MR) is 91.3 cm³/mol. The Balaban J connectivity index is 1.98. The lowest BCUT2D eigenvalue weighted by Crippen LogP contribution is -2.38. The van der Waals surface area contributed by atoms with Crippen LogP contribution >= 0.6 is 0 Å². The molecule has 1 aromatic rings. The summed E-state index contributed by atoms with van der Waals surface area (Å²) >= 11 is 0. The number of carbonyl (C=O) groups excluding carboxylic acids is 1. The minimum absolute atomic E-state index is 0.0968. The Labute approximate surface area is 138 Å². The van der Waals surface area contributed by atoms with E-state index in [9.17, 15) is 4.79 Å². The number of rotatable bonds is 8. The number of benzene rings is 1. The van der Waals surface area contributed by atoms with Crippen LogP contribution in [0.1, 0.15) is 49.9 Å². The van der Waals surface area contributed by atoms with Gasteiger partial charge >= 0.3 is 0 Å². The van der Waals surface area contributed by atoms with Gasteiger partial charge in [-0.25, -0.2) is 0 Å². The fourth-order valence-electron chi connectivity index (χ4n) is 2.86. The Morgan fingerprint density at radius 1 is 1.30 bits per heavy atom. The summed E-state index contributed by atoms with van der Waals surface area (Å²) < 4.78 is 11.4. The zero-order chi connectivity index (χ0) is 16.7. The van der Waals surface area contributed by atoms with Gasteiger partial charge < -0.3 is 20.1 Å². The van der Waals surface area contributed by atoms with Crippen molar-refractivity contribution in [3.63, 3.8) is 0 Å². The minimum atomic E-state index is -0.0968. The minimum Gasteiger partial charge on any atom is -0.493 e. The monoisotopic (exact) mass is 320 g/mol. The van der Waals surface area contributed by atoms with Gasteiger partial charge in [0, 0.05) is 18.2 Å². The van der Waals surface area contributed by atoms with E-state index in [-0.39, 0.29) is 18.1 Å². The SMILES string of the molecule is CCN[C@H](C)CNC(=O)c1ccc(OC2CCCC2)c(OC)c1. The van der Waals surface area contributed by atoms with Crippen LogP contribution in [-0.2, 0) is 0 Å². The second-order valence-corrected chi connectivity index (χ2v) is 6.06. The highest BCUT2D eigenvalue weighted by molar-refractivity contribution is 5.94. The van der Waals surface area contributed by atoms with Crippen molar-refractivity contribution in [2.24, 2.45) is 0 Å². The maximum Gasteiger partial charge on any atom is 0.251 e. The van der Waals surface area contributed by atoms with E-state index >= 15 is 0 Å². The first-order valence-corrected chi connectivity index (χ1v) is 8.50. The standard InChI is InChI=1S/C18H28N2O3/c1-4-19-13(2)12-20-18(21)14-9-10-16(17(11-14)22-3)23-15-7-5-6-8-15/h9-11,13,15,19H,4-8,12H2,1-3H3,(H,20,21)/t13-/m1/s1. The van der Waals surface area contributed by atoms with Crippen LogP contribution in [0.4, 0.5) is 0 Å². The third kappa shape index (κ3) is 5.13. The molecule has 0 aliphatic heterocycles. The van der Waals surface area contributed by atoms with Gasteiger partial charge in [0.2, 0.25) is 0 Å². The molecular formula is C18H28N2O3. The van der Waals surface area contributed by atoms with Crippen molar-refractivity contribution in [3.8, 4) is 11.5 Å². The number of likely N-dealkylation sites (N-methyl/N-ethyl adjacent to an activating group) is 1. The molecule has 1 saturated carbocycles. The highest BCUT2D eigenvalue weighted by atomic mass is 16.5. The van der Waals surface area contributed by atoms with E-state index < -0.39 is 0 Å². The molecule has 2 rings (SSSR count). The topological polar surface area (TPSA) is 59.6 Å². The van der Waals surface area contributed by atoms with E-state index in [4.69, 9.17) is 9.47 Å². The molecule has 2 N–H and O–H groups in total. The zero-order valence-electron chi connectivity index (χ0n) is 14.4. The maximum atomic E-state index is 12.2. The summed E-state index contributed by atoms with van der Waals surface area (Å²) in [5, 5.41) is 6.19. The number of ether oxygens (including phenoxy) is 2. The largest absolute Gasteiger partial charge is 0.493 e. The summed E-state index contributed by atoms with van der Waals surface area (Å²) in [5.74, 6) is 1.24. The molecule has 5 heteroatoms. The molecule has 0 unspecified atom stereocenters. The third-order valence-corrected chi connectivity index (χ3v) is 4.14. The number of carbonyl (C=O) groups is 1. The molecule has 1 aliphatic rings.